The molecule has 5 nitrogen and oxygen atoms in total. The van der Waals surface area contributed by atoms with Gasteiger partial charge in [-0.1, -0.05) is 13.8 Å². The molecule has 1 aliphatic carbocycles. The van der Waals surface area contributed by atoms with Gasteiger partial charge in [-0.25, -0.2) is 0 Å². The first-order chi connectivity index (χ1) is 9.91. The second-order valence-electron chi connectivity index (χ2n) is 6.57. The van der Waals surface area contributed by atoms with E-state index in [0.717, 1.165) is 18.4 Å². The lowest BCUT2D eigenvalue weighted by Gasteiger charge is -2.34. The summed E-state index contributed by atoms with van der Waals surface area (Å²) in [7, 11) is 1.59. The standard InChI is InChI=1S/C16H24N2O3/c1-16(2)8-6-13(7-9-16)17-11-12-10-14(18(19)20)4-5-15(12)21-3/h4-5,10,13,17H,6-9,11H2,1-3H3. The molecule has 0 saturated heterocycles. The summed E-state index contributed by atoms with van der Waals surface area (Å²) in [6, 6.07) is 5.23. The molecule has 2 rings (SSSR count). The van der Waals surface area contributed by atoms with Crippen LogP contribution in [0.1, 0.15) is 45.1 Å². The lowest BCUT2D eigenvalue weighted by atomic mass is 9.75. The van der Waals surface area contributed by atoms with Crippen LogP contribution in [0.15, 0.2) is 18.2 Å². The highest BCUT2D eigenvalue weighted by Crippen LogP contribution is 2.35. The second-order valence-corrected chi connectivity index (χ2v) is 6.57. The number of nitrogens with zero attached hydrogens (tertiary/aromatic N) is 1. The van der Waals surface area contributed by atoms with Crippen LogP contribution in [0.5, 0.6) is 5.75 Å². The minimum Gasteiger partial charge on any atom is -0.496 e. The highest BCUT2D eigenvalue weighted by molar-refractivity contribution is 5.43. The molecule has 1 saturated carbocycles. The highest BCUT2D eigenvalue weighted by atomic mass is 16.6. The second kappa shape index (κ2) is 6.43. The van der Waals surface area contributed by atoms with E-state index in [0.29, 0.717) is 23.8 Å². The average molecular weight is 292 g/mol. The molecule has 0 amide bonds. The Balaban J connectivity index is 1.99. The lowest BCUT2D eigenvalue weighted by molar-refractivity contribution is -0.384. The highest BCUT2D eigenvalue weighted by Gasteiger charge is 2.26. The number of rotatable bonds is 5. The zero-order valence-electron chi connectivity index (χ0n) is 13.0. The molecule has 0 radical (unpaired) electrons. The Bertz CT molecular complexity index is 504. The molecule has 0 aromatic heterocycles. The Morgan fingerprint density at radius 3 is 2.62 bits per heavy atom. The van der Waals surface area contributed by atoms with Crippen molar-refractivity contribution < 1.29 is 9.66 Å². The number of non-ortho nitro benzene ring substituents is 1. The first kappa shape index (κ1) is 15.8. The fourth-order valence-corrected chi connectivity index (χ4v) is 2.87. The number of methoxy groups -OCH3 is 1. The Kier molecular flexibility index (Phi) is 4.83. The van der Waals surface area contributed by atoms with Crippen LogP contribution in [0, 0.1) is 15.5 Å². The average Bonchev–Trinajstić information content (AvgIpc) is 2.45. The van der Waals surface area contributed by atoms with Gasteiger partial charge in [0.1, 0.15) is 5.75 Å². The molecule has 116 valence electrons. The van der Waals surface area contributed by atoms with Crippen molar-refractivity contribution in [1.82, 2.24) is 5.32 Å². The molecular formula is C16H24N2O3. The summed E-state index contributed by atoms with van der Waals surface area (Å²) in [6.45, 7) is 5.23. The van der Waals surface area contributed by atoms with Crippen molar-refractivity contribution in [2.45, 2.75) is 52.1 Å². The molecule has 0 unspecified atom stereocenters. The van der Waals surface area contributed by atoms with Gasteiger partial charge in [0, 0.05) is 30.3 Å². The van der Waals surface area contributed by atoms with Crippen molar-refractivity contribution in [2.75, 3.05) is 7.11 Å². The normalized spacial score (nSPS) is 18.4. The molecule has 0 bridgehead atoms. The number of benzene rings is 1. The first-order valence-corrected chi connectivity index (χ1v) is 7.46. The molecule has 1 N–H and O–H groups in total. The van der Waals surface area contributed by atoms with Crippen molar-refractivity contribution in [1.29, 1.82) is 0 Å². The van der Waals surface area contributed by atoms with Gasteiger partial charge in [0.2, 0.25) is 0 Å². The fourth-order valence-electron chi connectivity index (χ4n) is 2.87. The molecule has 1 aliphatic rings. The molecule has 1 fully saturated rings. The number of nitro benzene ring substituents is 1. The van der Waals surface area contributed by atoms with Gasteiger partial charge in [0.25, 0.3) is 5.69 Å². The maximum Gasteiger partial charge on any atom is 0.270 e. The lowest BCUT2D eigenvalue weighted by Crippen LogP contribution is -2.35. The first-order valence-electron chi connectivity index (χ1n) is 7.46. The number of hydrogen-bond acceptors (Lipinski definition) is 4. The summed E-state index contributed by atoms with van der Waals surface area (Å²) < 4.78 is 5.29. The van der Waals surface area contributed by atoms with Crippen LogP contribution in [-0.4, -0.2) is 18.1 Å². The summed E-state index contributed by atoms with van der Waals surface area (Å²) in [5.41, 5.74) is 1.40. The van der Waals surface area contributed by atoms with E-state index in [1.54, 1.807) is 19.2 Å². The maximum absolute atomic E-state index is 10.9. The van der Waals surface area contributed by atoms with Crippen molar-refractivity contribution in [2.24, 2.45) is 5.41 Å². The van der Waals surface area contributed by atoms with Gasteiger partial charge in [-0.3, -0.25) is 10.1 Å². The van der Waals surface area contributed by atoms with Crippen LogP contribution >= 0.6 is 0 Å². The molecule has 0 heterocycles. The Morgan fingerprint density at radius 1 is 1.38 bits per heavy atom. The topological polar surface area (TPSA) is 64.4 Å². The number of nitrogens with one attached hydrogen (secondary N) is 1. The zero-order valence-corrected chi connectivity index (χ0v) is 13.0. The van der Waals surface area contributed by atoms with Crippen LogP contribution in [-0.2, 0) is 6.54 Å². The summed E-state index contributed by atoms with van der Waals surface area (Å²) in [4.78, 5) is 10.5. The van der Waals surface area contributed by atoms with Crippen LogP contribution in [0.2, 0.25) is 0 Å². The van der Waals surface area contributed by atoms with Crippen LogP contribution in [0.3, 0.4) is 0 Å². The Hall–Kier alpha value is -1.62. The SMILES string of the molecule is COc1ccc([N+](=O)[O-])cc1CNC1CCC(C)(C)CC1. The van der Waals surface area contributed by atoms with Gasteiger partial charge >= 0.3 is 0 Å². The van der Waals surface area contributed by atoms with Crippen molar-refractivity contribution in [3.63, 3.8) is 0 Å². The van der Waals surface area contributed by atoms with Crippen LogP contribution in [0.25, 0.3) is 0 Å². The quantitative estimate of drug-likeness (QED) is 0.664. The Morgan fingerprint density at radius 2 is 2.05 bits per heavy atom. The summed E-state index contributed by atoms with van der Waals surface area (Å²) in [5.74, 6) is 0.698. The van der Waals surface area contributed by atoms with Gasteiger partial charge in [-0.15, -0.1) is 0 Å². The van der Waals surface area contributed by atoms with Crippen LogP contribution < -0.4 is 10.1 Å². The van der Waals surface area contributed by atoms with Crippen molar-refractivity contribution >= 4 is 5.69 Å². The predicted octanol–water partition coefficient (Wildman–Crippen LogP) is 3.66. The number of hydrogen-bond donors (Lipinski definition) is 1. The van der Waals surface area contributed by atoms with Crippen molar-refractivity contribution in [3.8, 4) is 5.75 Å². The molecule has 1 aromatic rings. The summed E-state index contributed by atoms with van der Waals surface area (Å²) in [6.07, 6.45) is 4.75. The van der Waals surface area contributed by atoms with E-state index in [1.807, 2.05) is 0 Å². The maximum atomic E-state index is 10.9. The molecule has 0 spiro atoms. The Labute approximate surface area is 125 Å². The predicted molar refractivity (Wildman–Crippen MR) is 82.5 cm³/mol. The molecule has 5 heteroatoms. The molecule has 0 atom stereocenters. The molecule has 0 aliphatic heterocycles. The van der Waals surface area contributed by atoms with E-state index in [9.17, 15) is 10.1 Å². The van der Waals surface area contributed by atoms with E-state index in [1.165, 1.54) is 18.9 Å². The minimum atomic E-state index is -0.369. The molecule has 21 heavy (non-hydrogen) atoms. The number of nitro groups is 1. The van der Waals surface area contributed by atoms with E-state index >= 15 is 0 Å². The third-order valence-corrected chi connectivity index (χ3v) is 4.40. The largest absolute Gasteiger partial charge is 0.496 e. The minimum absolute atomic E-state index is 0.109. The smallest absolute Gasteiger partial charge is 0.270 e. The van der Waals surface area contributed by atoms with Gasteiger partial charge in [-0.05, 0) is 37.2 Å². The van der Waals surface area contributed by atoms with Gasteiger partial charge in [-0.2, -0.15) is 0 Å². The van der Waals surface area contributed by atoms with E-state index in [2.05, 4.69) is 19.2 Å². The van der Waals surface area contributed by atoms with Crippen LogP contribution in [0.4, 0.5) is 5.69 Å². The third kappa shape index (κ3) is 4.17. The van der Waals surface area contributed by atoms with E-state index in [-0.39, 0.29) is 10.6 Å². The fraction of sp³-hybridized carbons (Fsp3) is 0.625. The summed E-state index contributed by atoms with van der Waals surface area (Å²) >= 11 is 0. The monoisotopic (exact) mass is 292 g/mol. The molecular weight excluding hydrogens is 268 g/mol. The van der Waals surface area contributed by atoms with Gasteiger partial charge in [0.15, 0.2) is 0 Å². The summed E-state index contributed by atoms with van der Waals surface area (Å²) in [5, 5.41) is 14.4. The number of ether oxygens (including phenoxy) is 1. The zero-order chi connectivity index (χ0) is 15.5. The van der Waals surface area contributed by atoms with Gasteiger partial charge < -0.3 is 10.1 Å². The van der Waals surface area contributed by atoms with Crippen molar-refractivity contribution in [3.05, 3.63) is 33.9 Å². The third-order valence-electron chi connectivity index (χ3n) is 4.40. The van der Waals surface area contributed by atoms with Gasteiger partial charge in [0.05, 0.1) is 12.0 Å². The van der Waals surface area contributed by atoms with E-state index < -0.39 is 0 Å². The van der Waals surface area contributed by atoms with E-state index in [4.69, 9.17) is 4.74 Å². The molecule has 1 aromatic carbocycles.